The summed E-state index contributed by atoms with van der Waals surface area (Å²) in [4.78, 5) is 41.1. The molecule has 8 nitrogen and oxygen atoms in total. The molecule has 2 N–H and O–H groups in total. The Morgan fingerprint density at radius 1 is 1.03 bits per heavy atom. The van der Waals surface area contributed by atoms with Crippen LogP contribution in [0.1, 0.15) is 39.5 Å². The van der Waals surface area contributed by atoms with Gasteiger partial charge in [-0.1, -0.05) is 12.1 Å². The van der Waals surface area contributed by atoms with E-state index in [1.54, 1.807) is 48.2 Å². The highest BCUT2D eigenvalue weighted by atomic mass is 16.3. The number of nitrogens with zero attached hydrogens (tertiary/aromatic N) is 2. The number of hydrogen-bond acceptors (Lipinski definition) is 5. The first-order valence-corrected chi connectivity index (χ1v) is 10.3. The molecule has 2 aromatic rings. The lowest BCUT2D eigenvalue weighted by Gasteiger charge is -2.33. The number of hydrogen-bond donors (Lipinski definition) is 2. The van der Waals surface area contributed by atoms with E-state index >= 15 is 0 Å². The van der Waals surface area contributed by atoms with Crippen molar-refractivity contribution in [2.24, 2.45) is 0 Å². The van der Waals surface area contributed by atoms with Crippen molar-refractivity contribution in [3.8, 4) is 0 Å². The van der Waals surface area contributed by atoms with Gasteiger partial charge in [0.2, 0.25) is 5.91 Å². The predicted molar refractivity (Wildman–Crippen MR) is 111 cm³/mol. The van der Waals surface area contributed by atoms with Gasteiger partial charge in [0, 0.05) is 32.2 Å². The number of carbonyl (C=O) groups is 3. The Labute approximate surface area is 175 Å². The SMILES string of the molecule is Cc1ccc(C(=O)N2CCN(CC(=O)Nc3ccccc3C(=O)NC3CC3)CC2)o1. The lowest BCUT2D eigenvalue weighted by atomic mass is 10.1. The summed E-state index contributed by atoms with van der Waals surface area (Å²) in [6, 6.07) is 10.8. The molecule has 1 saturated carbocycles. The fourth-order valence-electron chi connectivity index (χ4n) is 3.49. The number of anilines is 1. The number of carbonyl (C=O) groups excluding carboxylic acids is 3. The number of aryl methyl sites for hydroxylation is 1. The highest BCUT2D eigenvalue weighted by molar-refractivity contribution is 6.04. The molecule has 1 aliphatic carbocycles. The van der Waals surface area contributed by atoms with Crippen molar-refractivity contribution in [3.05, 3.63) is 53.5 Å². The smallest absolute Gasteiger partial charge is 0.289 e. The maximum atomic E-state index is 12.5. The molecule has 1 aromatic carbocycles. The molecular formula is C22H26N4O4. The second kappa shape index (κ2) is 8.71. The summed E-state index contributed by atoms with van der Waals surface area (Å²) in [6.45, 7) is 4.28. The van der Waals surface area contributed by atoms with E-state index in [0.29, 0.717) is 49.0 Å². The van der Waals surface area contributed by atoms with Gasteiger partial charge in [-0.3, -0.25) is 19.3 Å². The van der Waals surface area contributed by atoms with Crippen molar-refractivity contribution < 1.29 is 18.8 Å². The molecule has 158 valence electrons. The Bertz CT molecular complexity index is 942. The molecule has 3 amide bonds. The van der Waals surface area contributed by atoms with Crippen molar-refractivity contribution in [2.75, 3.05) is 38.0 Å². The number of benzene rings is 1. The van der Waals surface area contributed by atoms with E-state index in [2.05, 4.69) is 10.6 Å². The first kappa shape index (κ1) is 20.2. The lowest BCUT2D eigenvalue weighted by Crippen LogP contribution is -2.50. The van der Waals surface area contributed by atoms with Crippen LogP contribution in [0, 0.1) is 6.92 Å². The van der Waals surface area contributed by atoms with Gasteiger partial charge in [-0.2, -0.15) is 0 Å². The summed E-state index contributed by atoms with van der Waals surface area (Å²) in [5, 5.41) is 5.81. The summed E-state index contributed by atoms with van der Waals surface area (Å²) >= 11 is 0. The standard InChI is InChI=1S/C22H26N4O4/c1-15-6-9-19(30-15)22(29)26-12-10-25(11-13-26)14-20(27)24-18-5-3-2-4-17(18)21(28)23-16-7-8-16/h2-6,9,16H,7-8,10-14H2,1H3,(H,23,28)(H,24,27). The normalized spacial score (nSPS) is 16.9. The van der Waals surface area contributed by atoms with E-state index in [-0.39, 0.29) is 30.3 Å². The molecule has 1 aliphatic heterocycles. The molecule has 1 saturated heterocycles. The molecule has 2 aliphatic rings. The maximum absolute atomic E-state index is 12.5. The van der Waals surface area contributed by atoms with Crippen LogP contribution in [0.25, 0.3) is 0 Å². The molecule has 8 heteroatoms. The van der Waals surface area contributed by atoms with Gasteiger partial charge in [-0.15, -0.1) is 0 Å². The summed E-state index contributed by atoms with van der Waals surface area (Å²) in [5.74, 6) is 0.596. The van der Waals surface area contributed by atoms with Crippen LogP contribution >= 0.6 is 0 Å². The number of amides is 3. The number of piperazine rings is 1. The quantitative estimate of drug-likeness (QED) is 0.758. The molecule has 1 aromatic heterocycles. The van der Waals surface area contributed by atoms with Gasteiger partial charge in [0.25, 0.3) is 11.8 Å². The van der Waals surface area contributed by atoms with Crippen molar-refractivity contribution in [1.29, 1.82) is 0 Å². The average molecular weight is 410 g/mol. The van der Waals surface area contributed by atoms with Crippen molar-refractivity contribution in [3.63, 3.8) is 0 Å². The summed E-state index contributed by atoms with van der Waals surface area (Å²) in [7, 11) is 0. The summed E-state index contributed by atoms with van der Waals surface area (Å²) in [6.07, 6.45) is 2.02. The van der Waals surface area contributed by atoms with Crippen LogP contribution in [-0.2, 0) is 4.79 Å². The molecule has 30 heavy (non-hydrogen) atoms. The zero-order chi connectivity index (χ0) is 21.1. The van der Waals surface area contributed by atoms with Crippen molar-refractivity contribution in [1.82, 2.24) is 15.1 Å². The number of rotatable bonds is 6. The van der Waals surface area contributed by atoms with Gasteiger partial charge >= 0.3 is 0 Å². The Hall–Kier alpha value is -3.13. The number of nitrogens with one attached hydrogen (secondary N) is 2. The van der Waals surface area contributed by atoms with Gasteiger partial charge in [0.1, 0.15) is 5.76 Å². The van der Waals surface area contributed by atoms with E-state index in [9.17, 15) is 14.4 Å². The minimum absolute atomic E-state index is 0.122. The highest BCUT2D eigenvalue weighted by Gasteiger charge is 2.26. The van der Waals surface area contributed by atoms with Crippen LogP contribution in [0.5, 0.6) is 0 Å². The number of para-hydroxylation sites is 1. The molecule has 2 fully saturated rings. The van der Waals surface area contributed by atoms with Crippen LogP contribution < -0.4 is 10.6 Å². The van der Waals surface area contributed by atoms with Gasteiger partial charge < -0.3 is 20.0 Å². The minimum Gasteiger partial charge on any atom is -0.456 e. The van der Waals surface area contributed by atoms with Gasteiger partial charge in [-0.25, -0.2) is 0 Å². The Morgan fingerprint density at radius 3 is 2.43 bits per heavy atom. The Kier molecular flexibility index (Phi) is 5.85. The topological polar surface area (TPSA) is 94.9 Å². The van der Waals surface area contributed by atoms with E-state index in [0.717, 1.165) is 12.8 Å². The molecule has 0 unspecified atom stereocenters. The number of furan rings is 1. The predicted octanol–water partition coefficient (Wildman–Crippen LogP) is 1.88. The van der Waals surface area contributed by atoms with Crippen LogP contribution in [0.15, 0.2) is 40.8 Å². The zero-order valence-electron chi connectivity index (χ0n) is 17.0. The van der Waals surface area contributed by atoms with Crippen molar-refractivity contribution >= 4 is 23.4 Å². The van der Waals surface area contributed by atoms with Crippen LogP contribution in [0.4, 0.5) is 5.69 Å². The molecule has 2 heterocycles. The average Bonchev–Trinajstić information content (AvgIpc) is 3.45. The molecule has 0 radical (unpaired) electrons. The second-order valence-corrected chi connectivity index (χ2v) is 7.82. The largest absolute Gasteiger partial charge is 0.456 e. The van der Waals surface area contributed by atoms with Gasteiger partial charge in [0.15, 0.2) is 5.76 Å². The van der Waals surface area contributed by atoms with E-state index in [1.165, 1.54) is 0 Å². The highest BCUT2D eigenvalue weighted by Crippen LogP contribution is 2.21. The zero-order valence-corrected chi connectivity index (χ0v) is 17.0. The fraction of sp³-hybridized carbons (Fsp3) is 0.409. The summed E-state index contributed by atoms with van der Waals surface area (Å²) < 4.78 is 5.41. The third kappa shape index (κ3) is 4.88. The first-order chi connectivity index (χ1) is 14.5. The molecular weight excluding hydrogens is 384 g/mol. The molecule has 0 bridgehead atoms. The lowest BCUT2D eigenvalue weighted by molar-refractivity contribution is -0.117. The Balaban J connectivity index is 1.28. The monoisotopic (exact) mass is 410 g/mol. The van der Waals surface area contributed by atoms with Crippen molar-refractivity contribution in [2.45, 2.75) is 25.8 Å². The van der Waals surface area contributed by atoms with E-state index in [4.69, 9.17) is 4.42 Å². The molecule has 0 atom stereocenters. The third-order valence-electron chi connectivity index (χ3n) is 5.34. The fourth-order valence-corrected chi connectivity index (χ4v) is 3.49. The van der Waals surface area contributed by atoms with Gasteiger partial charge in [0.05, 0.1) is 17.8 Å². The molecule has 4 rings (SSSR count). The van der Waals surface area contributed by atoms with Gasteiger partial charge in [-0.05, 0) is 44.0 Å². The maximum Gasteiger partial charge on any atom is 0.289 e. The van der Waals surface area contributed by atoms with E-state index in [1.807, 2.05) is 4.90 Å². The minimum atomic E-state index is -0.178. The third-order valence-corrected chi connectivity index (χ3v) is 5.34. The van der Waals surface area contributed by atoms with E-state index < -0.39 is 0 Å². The first-order valence-electron chi connectivity index (χ1n) is 10.3. The van der Waals surface area contributed by atoms with Crippen LogP contribution in [-0.4, -0.2) is 66.3 Å². The Morgan fingerprint density at radius 2 is 1.77 bits per heavy atom. The molecule has 0 spiro atoms. The van der Waals surface area contributed by atoms with Crippen LogP contribution in [0.2, 0.25) is 0 Å². The second-order valence-electron chi connectivity index (χ2n) is 7.82. The van der Waals surface area contributed by atoms with Crippen LogP contribution in [0.3, 0.4) is 0 Å². The summed E-state index contributed by atoms with van der Waals surface area (Å²) in [5.41, 5.74) is 0.990.